The fraction of sp³-hybridized carbons (Fsp3) is 0.263. The first-order valence-electron chi connectivity index (χ1n) is 7.77. The predicted molar refractivity (Wildman–Crippen MR) is 92.2 cm³/mol. The molecule has 0 bridgehead atoms. The summed E-state index contributed by atoms with van der Waals surface area (Å²) in [6.07, 6.45) is -0.365. The molecule has 0 aromatic heterocycles. The summed E-state index contributed by atoms with van der Waals surface area (Å²) in [6, 6.07) is 11.7. The minimum absolute atomic E-state index is 0.288. The van der Waals surface area contributed by atoms with Crippen LogP contribution in [0, 0.1) is 0 Å². The SMILES string of the molecule is COc1ccc(C(=O)CC2(O)C(=O)N(C)c3ccccc32)c(OC)c1. The largest absolute Gasteiger partial charge is 0.497 e. The Morgan fingerprint density at radius 2 is 1.88 bits per heavy atom. The molecule has 1 unspecified atom stereocenters. The molecule has 25 heavy (non-hydrogen) atoms. The van der Waals surface area contributed by atoms with Gasteiger partial charge in [-0.2, -0.15) is 0 Å². The highest BCUT2D eigenvalue weighted by Crippen LogP contribution is 2.42. The van der Waals surface area contributed by atoms with E-state index in [1.54, 1.807) is 49.5 Å². The highest BCUT2D eigenvalue weighted by Gasteiger charge is 2.49. The minimum atomic E-state index is -1.88. The zero-order valence-electron chi connectivity index (χ0n) is 14.3. The van der Waals surface area contributed by atoms with Crippen LogP contribution in [0.15, 0.2) is 42.5 Å². The number of carbonyl (C=O) groups excluding carboxylic acids is 2. The number of anilines is 1. The van der Waals surface area contributed by atoms with Crippen molar-refractivity contribution >= 4 is 17.4 Å². The molecule has 2 aromatic rings. The van der Waals surface area contributed by atoms with Crippen molar-refractivity contribution in [2.45, 2.75) is 12.0 Å². The van der Waals surface area contributed by atoms with Gasteiger partial charge in [0.15, 0.2) is 11.4 Å². The minimum Gasteiger partial charge on any atom is -0.497 e. The molecule has 1 atom stereocenters. The Labute approximate surface area is 145 Å². The second kappa shape index (κ2) is 6.22. The topological polar surface area (TPSA) is 76.1 Å². The molecule has 1 aliphatic rings. The number of rotatable bonds is 5. The molecule has 130 valence electrons. The van der Waals surface area contributed by atoms with Crippen molar-refractivity contribution < 1.29 is 24.2 Å². The molecule has 0 spiro atoms. The number of benzene rings is 2. The Kier molecular flexibility index (Phi) is 4.22. The van der Waals surface area contributed by atoms with Gasteiger partial charge >= 0.3 is 0 Å². The maximum Gasteiger partial charge on any atom is 0.263 e. The monoisotopic (exact) mass is 341 g/mol. The molecule has 0 fully saturated rings. The quantitative estimate of drug-likeness (QED) is 0.843. The number of amides is 1. The smallest absolute Gasteiger partial charge is 0.263 e. The number of methoxy groups -OCH3 is 2. The van der Waals surface area contributed by atoms with Crippen LogP contribution in [-0.2, 0) is 10.4 Å². The maximum atomic E-state index is 12.8. The van der Waals surface area contributed by atoms with E-state index in [0.717, 1.165) is 0 Å². The molecule has 3 rings (SSSR count). The van der Waals surface area contributed by atoms with Gasteiger partial charge in [0.25, 0.3) is 5.91 Å². The first-order chi connectivity index (χ1) is 11.9. The van der Waals surface area contributed by atoms with Crippen LogP contribution in [0.1, 0.15) is 22.3 Å². The lowest BCUT2D eigenvalue weighted by atomic mass is 9.88. The van der Waals surface area contributed by atoms with Crippen LogP contribution in [0.4, 0.5) is 5.69 Å². The first-order valence-corrected chi connectivity index (χ1v) is 7.77. The number of para-hydroxylation sites is 1. The number of likely N-dealkylation sites (N-methyl/N-ethyl adjacent to an activating group) is 1. The molecule has 1 N–H and O–H groups in total. The van der Waals surface area contributed by atoms with Gasteiger partial charge in [-0.05, 0) is 18.2 Å². The van der Waals surface area contributed by atoms with Crippen molar-refractivity contribution in [1.82, 2.24) is 0 Å². The van der Waals surface area contributed by atoms with Crippen molar-refractivity contribution in [2.24, 2.45) is 0 Å². The molecule has 0 saturated carbocycles. The van der Waals surface area contributed by atoms with E-state index in [2.05, 4.69) is 0 Å². The first kappa shape index (κ1) is 17.0. The Morgan fingerprint density at radius 3 is 2.56 bits per heavy atom. The van der Waals surface area contributed by atoms with Gasteiger partial charge in [0.2, 0.25) is 0 Å². The van der Waals surface area contributed by atoms with E-state index in [1.165, 1.54) is 19.1 Å². The second-order valence-electron chi connectivity index (χ2n) is 5.91. The van der Waals surface area contributed by atoms with Gasteiger partial charge in [-0.1, -0.05) is 18.2 Å². The summed E-state index contributed by atoms with van der Waals surface area (Å²) in [7, 11) is 4.55. The fourth-order valence-electron chi connectivity index (χ4n) is 3.15. The van der Waals surface area contributed by atoms with E-state index in [4.69, 9.17) is 9.47 Å². The Morgan fingerprint density at radius 1 is 1.16 bits per heavy atom. The molecule has 0 aliphatic carbocycles. The van der Waals surface area contributed by atoms with Gasteiger partial charge in [-0.15, -0.1) is 0 Å². The number of Topliss-reactive ketones (excluding diaryl/α,β-unsaturated/α-hetero) is 1. The molecule has 1 amide bonds. The van der Waals surface area contributed by atoms with E-state index in [0.29, 0.717) is 22.7 Å². The van der Waals surface area contributed by atoms with Crippen molar-refractivity contribution in [2.75, 3.05) is 26.2 Å². The number of carbonyl (C=O) groups is 2. The predicted octanol–water partition coefficient (Wildman–Crippen LogP) is 2.14. The van der Waals surface area contributed by atoms with E-state index < -0.39 is 11.5 Å². The zero-order chi connectivity index (χ0) is 18.2. The van der Waals surface area contributed by atoms with Gasteiger partial charge in [0.1, 0.15) is 11.5 Å². The summed E-state index contributed by atoms with van der Waals surface area (Å²) in [5.41, 5.74) is -0.558. The number of hydrogen-bond acceptors (Lipinski definition) is 5. The summed E-state index contributed by atoms with van der Waals surface area (Å²) in [5, 5.41) is 11.0. The summed E-state index contributed by atoms with van der Waals surface area (Å²) >= 11 is 0. The summed E-state index contributed by atoms with van der Waals surface area (Å²) < 4.78 is 10.4. The lowest BCUT2D eigenvalue weighted by Crippen LogP contribution is -2.40. The van der Waals surface area contributed by atoms with Crippen LogP contribution in [0.5, 0.6) is 11.5 Å². The number of hydrogen-bond donors (Lipinski definition) is 1. The standard InChI is InChI=1S/C19H19NO5/c1-20-15-7-5-4-6-14(15)19(23,18(20)22)11-16(21)13-9-8-12(24-2)10-17(13)25-3/h4-10,23H,11H2,1-3H3. The molecule has 0 radical (unpaired) electrons. The van der Waals surface area contributed by atoms with Gasteiger partial charge in [0.05, 0.1) is 31.9 Å². The third-order valence-corrected chi connectivity index (χ3v) is 4.49. The van der Waals surface area contributed by atoms with Gasteiger partial charge in [-0.25, -0.2) is 0 Å². The lowest BCUT2D eigenvalue weighted by molar-refractivity contribution is -0.135. The molecule has 1 aliphatic heterocycles. The van der Waals surface area contributed by atoms with Crippen molar-refractivity contribution in [3.63, 3.8) is 0 Å². The van der Waals surface area contributed by atoms with Crippen LogP contribution in [0.25, 0.3) is 0 Å². The average molecular weight is 341 g/mol. The summed E-state index contributed by atoms with van der Waals surface area (Å²) in [6.45, 7) is 0. The molecular formula is C19H19NO5. The number of nitrogens with zero attached hydrogens (tertiary/aromatic N) is 1. The highest BCUT2D eigenvalue weighted by molar-refractivity contribution is 6.11. The molecule has 6 nitrogen and oxygen atoms in total. The third-order valence-electron chi connectivity index (χ3n) is 4.49. The van der Waals surface area contributed by atoms with Gasteiger partial charge in [-0.3, -0.25) is 9.59 Å². The Balaban J connectivity index is 1.97. The fourth-order valence-corrected chi connectivity index (χ4v) is 3.15. The van der Waals surface area contributed by atoms with Crippen LogP contribution >= 0.6 is 0 Å². The molecule has 2 aromatic carbocycles. The van der Waals surface area contributed by atoms with Crippen molar-refractivity contribution in [3.05, 3.63) is 53.6 Å². The number of ketones is 1. The van der Waals surface area contributed by atoms with E-state index in [-0.39, 0.29) is 17.8 Å². The highest BCUT2D eigenvalue weighted by atomic mass is 16.5. The average Bonchev–Trinajstić information content (AvgIpc) is 2.83. The number of fused-ring (bicyclic) bond motifs is 1. The van der Waals surface area contributed by atoms with Crippen molar-refractivity contribution in [1.29, 1.82) is 0 Å². The number of ether oxygens (including phenoxy) is 2. The molecular weight excluding hydrogens is 322 g/mol. The van der Waals surface area contributed by atoms with Crippen LogP contribution in [0.2, 0.25) is 0 Å². The summed E-state index contributed by atoms with van der Waals surface area (Å²) in [4.78, 5) is 26.7. The normalized spacial score (nSPS) is 18.9. The van der Waals surface area contributed by atoms with Crippen LogP contribution in [0.3, 0.4) is 0 Å². The summed E-state index contributed by atoms with van der Waals surface area (Å²) in [5.74, 6) is -0.0239. The Bertz CT molecular complexity index is 847. The Hall–Kier alpha value is -2.86. The van der Waals surface area contributed by atoms with Crippen molar-refractivity contribution in [3.8, 4) is 11.5 Å². The number of aliphatic hydroxyl groups is 1. The molecule has 1 heterocycles. The third kappa shape index (κ3) is 2.64. The van der Waals surface area contributed by atoms with E-state index >= 15 is 0 Å². The molecule has 6 heteroatoms. The van der Waals surface area contributed by atoms with Crippen LogP contribution < -0.4 is 14.4 Å². The molecule has 0 saturated heterocycles. The van der Waals surface area contributed by atoms with Gasteiger partial charge in [0, 0.05) is 18.7 Å². The van der Waals surface area contributed by atoms with Crippen LogP contribution in [-0.4, -0.2) is 38.1 Å². The second-order valence-corrected chi connectivity index (χ2v) is 5.91. The van der Waals surface area contributed by atoms with Gasteiger partial charge < -0.3 is 19.5 Å². The van der Waals surface area contributed by atoms with E-state index in [9.17, 15) is 14.7 Å². The maximum absolute atomic E-state index is 12.8. The van der Waals surface area contributed by atoms with E-state index in [1.807, 2.05) is 0 Å². The zero-order valence-corrected chi connectivity index (χ0v) is 14.3. The lowest BCUT2D eigenvalue weighted by Gasteiger charge is -2.21.